The van der Waals surface area contributed by atoms with Crippen molar-refractivity contribution < 1.29 is 5.11 Å². The van der Waals surface area contributed by atoms with Crippen LogP contribution in [0.2, 0.25) is 5.15 Å². The van der Waals surface area contributed by atoms with Crippen LogP contribution in [-0.2, 0) is 0 Å². The first kappa shape index (κ1) is 8.00. The van der Waals surface area contributed by atoms with Gasteiger partial charge in [0, 0.05) is 6.20 Å². The number of aromatic nitrogens is 3. The lowest BCUT2D eigenvalue weighted by molar-refractivity contribution is 0.478. The van der Waals surface area contributed by atoms with Gasteiger partial charge in [0.2, 0.25) is 5.95 Å². The van der Waals surface area contributed by atoms with E-state index >= 15 is 0 Å². The molecule has 3 N–H and O–H groups in total. The fourth-order valence-electron chi connectivity index (χ4n) is 1.01. The Kier molecular flexibility index (Phi) is 1.66. The van der Waals surface area contributed by atoms with Crippen molar-refractivity contribution in [3.8, 4) is 5.75 Å². The lowest BCUT2D eigenvalue weighted by Gasteiger charge is -2.01. The van der Waals surface area contributed by atoms with Gasteiger partial charge < -0.3 is 10.8 Å². The molecule has 5 nitrogen and oxygen atoms in total. The first-order valence-corrected chi connectivity index (χ1v) is 3.82. The highest BCUT2D eigenvalue weighted by Gasteiger charge is 2.07. The van der Waals surface area contributed by atoms with E-state index in [4.69, 9.17) is 17.3 Å². The van der Waals surface area contributed by atoms with Gasteiger partial charge in [-0.3, -0.25) is 4.98 Å². The van der Waals surface area contributed by atoms with E-state index in [-0.39, 0.29) is 16.9 Å². The third-order valence-corrected chi connectivity index (χ3v) is 1.85. The van der Waals surface area contributed by atoms with Crippen LogP contribution in [0.25, 0.3) is 10.9 Å². The molecule has 0 radical (unpaired) electrons. The average molecular weight is 197 g/mol. The number of anilines is 1. The van der Waals surface area contributed by atoms with Gasteiger partial charge in [0.1, 0.15) is 10.7 Å². The maximum atomic E-state index is 9.35. The molecule has 2 aromatic rings. The summed E-state index contributed by atoms with van der Waals surface area (Å²) in [6.45, 7) is 0. The van der Waals surface area contributed by atoms with Crippen LogP contribution in [-0.4, -0.2) is 20.1 Å². The van der Waals surface area contributed by atoms with Gasteiger partial charge in [-0.1, -0.05) is 11.6 Å². The minimum absolute atomic E-state index is 0.0269. The molecule has 0 bridgehead atoms. The minimum Gasteiger partial charge on any atom is -0.504 e. The number of aromatic hydroxyl groups is 1. The maximum Gasteiger partial charge on any atom is 0.222 e. The molecule has 2 heterocycles. The molecule has 0 aliphatic rings. The number of halogens is 1. The van der Waals surface area contributed by atoms with Gasteiger partial charge in [-0.15, -0.1) is 0 Å². The molecule has 6 heteroatoms. The van der Waals surface area contributed by atoms with Gasteiger partial charge in [-0.05, 0) is 0 Å². The molecule has 2 aromatic heterocycles. The Bertz CT molecular complexity index is 473. The SMILES string of the molecule is Nc1nc(Cl)c2cncc(O)c2n1. The first-order chi connectivity index (χ1) is 6.18. The third kappa shape index (κ3) is 1.23. The monoisotopic (exact) mass is 196 g/mol. The number of nitrogens with zero attached hydrogens (tertiary/aromatic N) is 3. The molecular formula is C7H5ClN4O. The number of nitrogens with two attached hydrogens (primary N) is 1. The van der Waals surface area contributed by atoms with Crippen LogP contribution in [0, 0.1) is 0 Å². The molecule has 2 rings (SSSR count). The zero-order valence-corrected chi connectivity index (χ0v) is 7.15. The molecule has 0 atom stereocenters. The highest BCUT2D eigenvalue weighted by Crippen LogP contribution is 2.25. The number of hydrogen-bond acceptors (Lipinski definition) is 5. The van der Waals surface area contributed by atoms with Gasteiger partial charge in [-0.2, -0.15) is 0 Å². The van der Waals surface area contributed by atoms with E-state index in [2.05, 4.69) is 15.0 Å². The molecule has 0 amide bonds. The van der Waals surface area contributed by atoms with E-state index in [0.29, 0.717) is 10.9 Å². The van der Waals surface area contributed by atoms with Gasteiger partial charge in [0.15, 0.2) is 5.75 Å². The number of nitrogen functional groups attached to an aromatic ring is 1. The van der Waals surface area contributed by atoms with Gasteiger partial charge in [0.05, 0.1) is 11.6 Å². The van der Waals surface area contributed by atoms with Crippen LogP contribution in [0.1, 0.15) is 0 Å². The molecule has 0 saturated heterocycles. The number of hydrogen-bond donors (Lipinski definition) is 2. The standard InChI is InChI=1S/C7H5ClN4O/c8-6-3-1-10-2-4(13)5(3)11-7(9)12-6/h1-2,13H,(H2,9,11,12). The van der Waals surface area contributed by atoms with E-state index < -0.39 is 0 Å². The number of fused-ring (bicyclic) bond motifs is 1. The molecule has 66 valence electrons. The molecule has 13 heavy (non-hydrogen) atoms. The summed E-state index contributed by atoms with van der Waals surface area (Å²) in [5.41, 5.74) is 5.67. The Morgan fingerprint density at radius 1 is 1.31 bits per heavy atom. The highest BCUT2D eigenvalue weighted by molar-refractivity contribution is 6.34. The van der Waals surface area contributed by atoms with Crippen molar-refractivity contribution in [2.45, 2.75) is 0 Å². The molecular weight excluding hydrogens is 192 g/mol. The highest BCUT2D eigenvalue weighted by atomic mass is 35.5. The topological polar surface area (TPSA) is 84.9 Å². The predicted molar refractivity (Wildman–Crippen MR) is 48.4 cm³/mol. The van der Waals surface area contributed by atoms with E-state index in [1.165, 1.54) is 12.4 Å². The molecule has 0 unspecified atom stereocenters. The minimum atomic E-state index is -0.0616. The van der Waals surface area contributed by atoms with Crippen LogP contribution in [0.3, 0.4) is 0 Å². The summed E-state index contributed by atoms with van der Waals surface area (Å²) in [5.74, 6) is -0.0347. The normalized spacial score (nSPS) is 10.5. The largest absolute Gasteiger partial charge is 0.504 e. The van der Waals surface area contributed by atoms with E-state index in [0.717, 1.165) is 0 Å². The summed E-state index contributed by atoms with van der Waals surface area (Å²) in [5, 5.41) is 10.0. The third-order valence-electron chi connectivity index (χ3n) is 1.56. The Morgan fingerprint density at radius 3 is 2.85 bits per heavy atom. The van der Waals surface area contributed by atoms with E-state index in [9.17, 15) is 5.11 Å². The van der Waals surface area contributed by atoms with Crippen molar-refractivity contribution >= 4 is 28.5 Å². The molecule has 0 aliphatic heterocycles. The van der Waals surface area contributed by atoms with Crippen molar-refractivity contribution in [2.24, 2.45) is 0 Å². The second kappa shape index (κ2) is 2.70. The summed E-state index contributed by atoms with van der Waals surface area (Å²) in [4.78, 5) is 11.3. The van der Waals surface area contributed by atoms with Crippen molar-refractivity contribution in [1.29, 1.82) is 0 Å². The van der Waals surface area contributed by atoms with Gasteiger partial charge in [-0.25, -0.2) is 9.97 Å². The Morgan fingerprint density at radius 2 is 2.08 bits per heavy atom. The van der Waals surface area contributed by atoms with Crippen molar-refractivity contribution in [3.05, 3.63) is 17.5 Å². The van der Waals surface area contributed by atoms with Crippen LogP contribution < -0.4 is 5.73 Å². The predicted octanol–water partition coefficient (Wildman–Crippen LogP) is 0.966. The Hall–Kier alpha value is -1.62. The summed E-state index contributed by atoms with van der Waals surface area (Å²) < 4.78 is 0. The van der Waals surface area contributed by atoms with Gasteiger partial charge >= 0.3 is 0 Å². The second-order valence-corrected chi connectivity index (χ2v) is 2.79. The van der Waals surface area contributed by atoms with E-state index in [1.807, 2.05) is 0 Å². The summed E-state index contributed by atoms with van der Waals surface area (Å²) in [6, 6.07) is 0. The lowest BCUT2D eigenvalue weighted by atomic mass is 10.3. The fraction of sp³-hybridized carbons (Fsp3) is 0. The van der Waals surface area contributed by atoms with Crippen LogP contribution in [0.15, 0.2) is 12.4 Å². The molecule has 0 saturated carbocycles. The van der Waals surface area contributed by atoms with Crippen LogP contribution >= 0.6 is 11.6 Å². The summed E-state index contributed by atoms with van der Waals surface area (Å²) >= 11 is 5.75. The molecule has 0 spiro atoms. The zero-order valence-electron chi connectivity index (χ0n) is 6.40. The molecule has 0 aromatic carbocycles. The van der Waals surface area contributed by atoms with Crippen molar-refractivity contribution in [2.75, 3.05) is 5.73 Å². The van der Waals surface area contributed by atoms with E-state index in [1.54, 1.807) is 0 Å². The summed E-state index contributed by atoms with van der Waals surface area (Å²) in [7, 11) is 0. The second-order valence-electron chi connectivity index (χ2n) is 2.43. The molecule has 0 aliphatic carbocycles. The zero-order chi connectivity index (χ0) is 9.42. The Balaban J connectivity index is 2.94. The van der Waals surface area contributed by atoms with Crippen molar-refractivity contribution in [1.82, 2.24) is 15.0 Å². The van der Waals surface area contributed by atoms with Crippen molar-refractivity contribution in [3.63, 3.8) is 0 Å². The average Bonchev–Trinajstić information content (AvgIpc) is 2.07. The maximum absolute atomic E-state index is 9.35. The molecule has 0 fully saturated rings. The fourth-order valence-corrected chi connectivity index (χ4v) is 1.24. The Labute approximate surface area is 78.2 Å². The van der Waals surface area contributed by atoms with Gasteiger partial charge in [0.25, 0.3) is 0 Å². The smallest absolute Gasteiger partial charge is 0.222 e. The van der Waals surface area contributed by atoms with Crippen LogP contribution in [0.5, 0.6) is 5.75 Å². The number of pyridine rings is 1. The van der Waals surface area contributed by atoms with Crippen LogP contribution in [0.4, 0.5) is 5.95 Å². The summed E-state index contributed by atoms with van der Waals surface area (Å²) in [6.07, 6.45) is 2.74. The first-order valence-electron chi connectivity index (χ1n) is 3.44. The lowest BCUT2D eigenvalue weighted by Crippen LogP contribution is -1.96. The number of rotatable bonds is 0. The quantitative estimate of drug-likeness (QED) is 0.614.